The molecular formula is C16H21FIN3S. The van der Waals surface area contributed by atoms with Crippen molar-refractivity contribution in [2.45, 2.75) is 26.4 Å². The molecule has 0 bridgehead atoms. The largest absolute Gasteiger partial charge is 0.352 e. The Morgan fingerprint density at radius 3 is 2.50 bits per heavy atom. The smallest absolute Gasteiger partial charge is 0.191 e. The molecule has 0 atom stereocenters. The van der Waals surface area contributed by atoms with E-state index in [0.717, 1.165) is 18.5 Å². The van der Waals surface area contributed by atoms with E-state index in [1.54, 1.807) is 24.5 Å². The summed E-state index contributed by atoms with van der Waals surface area (Å²) in [6.45, 7) is 3.44. The maximum Gasteiger partial charge on any atom is 0.191 e. The molecule has 3 nitrogen and oxygen atoms in total. The van der Waals surface area contributed by atoms with Crippen molar-refractivity contribution in [1.82, 2.24) is 10.6 Å². The minimum atomic E-state index is -0.220. The van der Waals surface area contributed by atoms with Crippen LogP contribution in [0.2, 0.25) is 0 Å². The molecule has 0 aliphatic carbocycles. The molecule has 0 fully saturated rings. The third-order valence-corrected chi connectivity index (χ3v) is 4.30. The van der Waals surface area contributed by atoms with E-state index in [-0.39, 0.29) is 29.8 Å². The molecule has 120 valence electrons. The first-order chi connectivity index (χ1) is 10.2. The Morgan fingerprint density at radius 2 is 1.86 bits per heavy atom. The topological polar surface area (TPSA) is 36.4 Å². The van der Waals surface area contributed by atoms with E-state index in [0.29, 0.717) is 12.5 Å². The van der Waals surface area contributed by atoms with Crippen molar-refractivity contribution in [2.75, 3.05) is 7.05 Å². The number of benzene rings is 1. The zero-order chi connectivity index (χ0) is 15.1. The van der Waals surface area contributed by atoms with Crippen molar-refractivity contribution in [1.29, 1.82) is 0 Å². The normalized spacial score (nSPS) is 11.0. The lowest BCUT2D eigenvalue weighted by Crippen LogP contribution is -2.36. The Kier molecular flexibility index (Phi) is 8.40. The number of guanidine groups is 1. The Hall–Kier alpha value is -1.15. The van der Waals surface area contributed by atoms with Crippen LogP contribution in [-0.2, 0) is 19.5 Å². The zero-order valence-corrected chi connectivity index (χ0v) is 15.9. The monoisotopic (exact) mass is 433 g/mol. The maximum absolute atomic E-state index is 13.1. The summed E-state index contributed by atoms with van der Waals surface area (Å²) in [5.74, 6) is 0.494. The zero-order valence-electron chi connectivity index (χ0n) is 12.7. The quantitative estimate of drug-likeness (QED) is 0.426. The number of hydrogen-bond donors (Lipinski definition) is 2. The van der Waals surface area contributed by atoms with Crippen LogP contribution in [0, 0.1) is 5.82 Å². The standard InChI is InChI=1S/C16H20FN3S.HI/c1-3-14-7-8-15(21-14)11-20-16(18-2)19-10-12-5-4-6-13(17)9-12;/h4-9H,3,10-11H2,1-2H3,(H2,18,19,20);1H. The highest BCUT2D eigenvalue weighted by atomic mass is 127. The molecule has 0 amide bonds. The van der Waals surface area contributed by atoms with Crippen LogP contribution in [0.15, 0.2) is 41.4 Å². The summed E-state index contributed by atoms with van der Waals surface area (Å²) in [5, 5.41) is 6.44. The number of hydrogen-bond acceptors (Lipinski definition) is 2. The summed E-state index contributed by atoms with van der Waals surface area (Å²) in [7, 11) is 1.73. The highest BCUT2D eigenvalue weighted by Crippen LogP contribution is 2.16. The van der Waals surface area contributed by atoms with Crippen LogP contribution in [0.3, 0.4) is 0 Å². The van der Waals surface area contributed by atoms with E-state index in [1.165, 1.54) is 21.9 Å². The van der Waals surface area contributed by atoms with E-state index >= 15 is 0 Å². The van der Waals surface area contributed by atoms with E-state index in [9.17, 15) is 4.39 Å². The number of rotatable bonds is 5. The number of aliphatic imine (C=N–C) groups is 1. The fourth-order valence-electron chi connectivity index (χ4n) is 1.93. The SMILES string of the molecule is CCc1ccc(CNC(=NC)NCc2cccc(F)c2)s1.I. The molecule has 2 aromatic rings. The van der Waals surface area contributed by atoms with Gasteiger partial charge in [0.2, 0.25) is 0 Å². The summed E-state index contributed by atoms with van der Waals surface area (Å²) in [6, 6.07) is 10.9. The summed E-state index contributed by atoms with van der Waals surface area (Å²) < 4.78 is 13.1. The molecule has 0 aliphatic heterocycles. The van der Waals surface area contributed by atoms with Gasteiger partial charge in [0, 0.05) is 23.3 Å². The average Bonchev–Trinajstić information content (AvgIpc) is 2.95. The summed E-state index contributed by atoms with van der Waals surface area (Å²) in [6.07, 6.45) is 1.07. The van der Waals surface area contributed by atoms with Gasteiger partial charge in [0.15, 0.2) is 5.96 Å². The predicted octanol–water partition coefficient (Wildman–Crippen LogP) is 3.93. The van der Waals surface area contributed by atoms with Crippen LogP contribution in [0.4, 0.5) is 4.39 Å². The molecule has 22 heavy (non-hydrogen) atoms. The fourth-order valence-corrected chi connectivity index (χ4v) is 2.83. The van der Waals surface area contributed by atoms with Crippen LogP contribution in [0.25, 0.3) is 0 Å². The molecule has 2 N–H and O–H groups in total. The van der Waals surface area contributed by atoms with E-state index in [2.05, 4.69) is 34.7 Å². The lowest BCUT2D eigenvalue weighted by molar-refractivity contribution is 0.624. The first-order valence-electron chi connectivity index (χ1n) is 6.97. The molecule has 2 rings (SSSR count). The molecule has 6 heteroatoms. The Bertz CT molecular complexity index is 613. The van der Waals surface area contributed by atoms with Crippen LogP contribution in [0.1, 0.15) is 22.2 Å². The van der Waals surface area contributed by atoms with E-state index in [1.807, 2.05) is 6.07 Å². The van der Waals surface area contributed by atoms with Crippen molar-refractivity contribution >= 4 is 41.3 Å². The lowest BCUT2D eigenvalue weighted by atomic mass is 10.2. The van der Waals surface area contributed by atoms with Gasteiger partial charge in [-0.05, 0) is 36.2 Å². The molecule has 0 radical (unpaired) electrons. The second kappa shape index (κ2) is 9.78. The second-order valence-corrected chi connectivity index (χ2v) is 5.88. The van der Waals surface area contributed by atoms with Gasteiger partial charge in [0.05, 0.1) is 6.54 Å². The molecule has 1 heterocycles. The van der Waals surface area contributed by atoms with Gasteiger partial charge in [0.1, 0.15) is 5.82 Å². The number of thiophene rings is 1. The van der Waals surface area contributed by atoms with Crippen LogP contribution < -0.4 is 10.6 Å². The third-order valence-electron chi connectivity index (χ3n) is 3.07. The summed E-state index contributed by atoms with van der Waals surface area (Å²) in [4.78, 5) is 6.83. The highest BCUT2D eigenvalue weighted by molar-refractivity contribution is 14.0. The first kappa shape index (κ1) is 18.9. The Balaban J connectivity index is 0.00000242. The third kappa shape index (κ3) is 5.92. The van der Waals surface area contributed by atoms with Gasteiger partial charge in [-0.25, -0.2) is 4.39 Å². The summed E-state index contributed by atoms with van der Waals surface area (Å²) >= 11 is 1.81. The van der Waals surface area contributed by atoms with Gasteiger partial charge < -0.3 is 10.6 Å². The van der Waals surface area contributed by atoms with Gasteiger partial charge in [-0.2, -0.15) is 0 Å². The van der Waals surface area contributed by atoms with Crippen molar-refractivity contribution in [2.24, 2.45) is 4.99 Å². The van der Waals surface area contributed by atoms with Crippen LogP contribution >= 0.6 is 35.3 Å². The molecule has 1 aromatic heterocycles. The average molecular weight is 433 g/mol. The van der Waals surface area contributed by atoms with Gasteiger partial charge in [0.25, 0.3) is 0 Å². The molecule has 0 aliphatic rings. The first-order valence-corrected chi connectivity index (χ1v) is 7.79. The van der Waals surface area contributed by atoms with Crippen molar-refractivity contribution in [3.63, 3.8) is 0 Å². The van der Waals surface area contributed by atoms with Crippen molar-refractivity contribution in [3.8, 4) is 0 Å². The molecule has 0 unspecified atom stereocenters. The van der Waals surface area contributed by atoms with Gasteiger partial charge in [-0.15, -0.1) is 35.3 Å². The number of aryl methyl sites for hydroxylation is 1. The van der Waals surface area contributed by atoms with Crippen molar-refractivity contribution < 1.29 is 4.39 Å². The second-order valence-electron chi connectivity index (χ2n) is 4.63. The van der Waals surface area contributed by atoms with E-state index in [4.69, 9.17) is 0 Å². The number of halogens is 2. The molecule has 0 saturated heterocycles. The number of nitrogens with zero attached hydrogens (tertiary/aromatic N) is 1. The minimum Gasteiger partial charge on any atom is -0.352 e. The lowest BCUT2D eigenvalue weighted by Gasteiger charge is -2.11. The minimum absolute atomic E-state index is 0. The Labute approximate surface area is 152 Å². The highest BCUT2D eigenvalue weighted by Gasteiger charge is 2.02. The van der Waals surface area contributed by atoms with E-state index < -0.39 is 0 Å². The molecule has 1 aromatic carbocycles. The molecule has 0 spiro atoms. The van der Waals surface area contributed by atoms with Gasteiger partial charge in [-0.3, -0.25) is 4.99 Å². The predicted molar refractivity (Wildman–Crippen MR) is 103 cm³/mol. The maximum atomic E-state index is 13.1. The Morgan fingerprint density at radius 1 is 1.14 bits per heavy atom. The number of nitrogens with one attached hydrogen (secondary N) is 2. The van der Waals surface area contributed by atoms with Crippen LogP contribution in [0.5, 0.6) is 0 Å². The van der Waals surface area contributed by atoms with Gasteiger partial charge in [-0.1, -0.05) is 19.1 Å². The summed E-state index contributed by atoms with van der Waals surface area (Å²) in [5.41, 5.74) is 0.891. The van der Waals surface area contributed by atoms with Crippen molar-refractivity contribution in [3.05, 3.63) is 57.5 Å². The van der Waals surface area contributed by atoms with Crippen LogP contribution in [-0.4, -0.2) is 13.0 Å². The molecular weight excluding hydrogens is 412 g/mol. The molecule has 0 saturated carbocycles. The fraction of sp³-hybridized carbons (Fsp3) is 0.312. The van der Waals surface area contributed by atoms with Gasteiger partial charge >= 0.3 is 0 Å².